The maximum absolute atomic E-state index is 11.7. The van der Waals surface area contributed by atoms with Gasteiger partial charge in [0.15, 0.2) is 0 Å². The van der Waals surface area contributed by atoms with Crippen LogP contribution in [-0.2, 0) is 17.8 Å². The second-order valence-electron chi connectivity index (χ2n) is 7.05. The van der Waals surface area contributed by atoms with Gasteiger partial charge in [-0.1, -0.05) is 12.1 Å². The molecule has 3 rings (SSSR count). The molecule has 1 aliphatic carbocycles. The van der Waals surface area contributed by atoms with Crippen LogP contribution in [0.1, 0.15) is 43.9 Å². The molecule has 1 saturated carbocycles. The summed E-state index contributed by atoms with van der Waals surface area (Å²) in [6.07, 6.45) is 7.64. The summed E-state index contributed by atoms with van der Waals surface area (Å²) in [5, 5.41) is 0. The first kappa shape index (κ1) is 18.5. The molecule has 2 N–H and O–H groups in total. The highest BCUT2D eigenvalue weighted by Gasteiger charge is 2.20. The van der Waals surface area contributed by atoms with E-state index in [1.54, 1.807) is 6.26 Å². The minimum atomic E-state index is -0.349. The molecule has 1 heterocycles. The average Bonchev–Trinajstić information content (AvgIpc) is 3.32. The number of nitrogens with two attached hydrogens (primary N) is 1. The van der Waals surface area contributed by atoms with Crippen molar-refractivity contribution in [3.8, 4) is 5.75 Å². The predicted molar refractivity (Wildman–Crippen MR) is 101 cm³/mol. The highest BCUT2D eigenvalue weighted by atomic mass is 16.5. The molecule has 5 nitrogen and oxygen atoms in total. The van der Waals surface area contributed by atoms with Crippen LogP contribution in [-0.4, -0.2) is 29.5 Å². The Balaban J connectivity index is 1.61. The SMILES string of the molecule is CC(C(N)=O)N(CCc1cccc(OC2CCCC2)c1)Cc1ccco1. The minimum absolute atomic E-state index is 0.324. The van der Waals surface area contributed by atoms with Crippen LogP contribution >= 0.6 is 0 Å². The van der Waals surface area contributed by atoms with Crippen LogP contribution in [0, 0.1) is 0 Å². The van der Waals surface area contributed by atoms with E-state index in [2.05, 4.69) is 12.1 Å². The molecular weight excluding hydrogens is 328 g/mol. The first-order valence-corrected chi connectivity index (χ1v) is 9.43. The zero-order valence-electron chi connectivity index (χ0n) is 15.4. The third-order valence-electron chi connectivity index (χ3n) is 5.09. The Labute approximate surface area is 155 Å². The van der Waals surface area contributed by atoms with E-state index in [1.165, 1.54) is 18.4 Å². The maximum Gasteiger partial charge on any atom is 0.234 e. The van der Waals surface area contributed by atoms with Gasteiger partial charge in [0.1, 0.15) is 11.5 Å². The van der Waals surface area contributed by atoms with Gasteiger partial charge in [-0.15, -0.1) is 0 Å². The van der Waals surface area contributed by atoms with E-state index in [9.17, 15) is 4.79 Å². The first-order valence-electron chi connectivity index (χ1n) is 9.43. The lowest BCUT2D eigenvalue weighted by Gasteiger charge is -2.26. The van der Waals surface area contributed by atoms with Crippen molar-refractivity contribution in [3.05, 3.63) is 54.0 Å². The van der Waals surface area contributed by atoms with Crippen LogP contribution in [0.15, 0.2) is 47.1 Å². The Kier molecular flexibility index (Phi) is 6.34. The van der Waals surface area contributed by atoms with E-state index in [-0.39, 0.29) is 11.9 Å². The van der Waals surface area contributed by atoms with Crippen LogP contribution in [0.5, 0.6) is 5.75 Å². The summed E-state index contributed by atoms with van der Waals surface area (Å²) in [5.74, 6) is 1.45. The molecule has 26 heavy (non-hydrogen) atoms. The van der Waals surface area contributed by atoms with Gasteiger partial charge in [0, 0.05) is 6.54 Å². The Morgan fingerprint density at radius 2 is 2.12 bits per heavy atom. The highest BCUT2D eigenvalue weighted by Crippen LogP contribution is 2.25. The molecule has 1 fully saturated rings. The third-order valence-corrected chi connectivity index (χ3v) is 5.09. The van der Waals surface area contributed by atoms with Crippen LogP contribution < -0.4 is 10.5 Å². The van der Waals surface area contributed by atoms with E-state index in [4.69, 9.17) is 14.9 Å². The standard InChI is InChI=1S/C21H28N2O3/c1-16(21(22)24)23(15-20-10-5-13-25-20)12-11-17-6-4-9-19(14-17)26-18-7-2-3-8-18/h4-6,9-10,13-14,16,18H,2-3,7-8,11-12,15H2,1H3,(H2,22,24). The quantitative estimate of drug-likeness (QED) is 0.746. The van der Waals surface area contributed by atoms with Gasteiger partial charge in [-0.3, -0.25) is 9.69 Å². The Bertz CT molecular complexity index is 693. The molecule has 1 unspecified atom stereocenters. The molecular formula is C21H28N2O3. The summed E-state index contributed by atoms with van der Waals surface area (Å²) in [4.78, 5) is 13.7. The first-order chi connectivity index (χ1) is 12.6. The van der Waals surface area contributed by atoms with Crippen LogP contribution in [0.3, 0.4) is 0 Å². The van der Waals surface area contributed by atoms with Gasteiger partial charge < -0.3 is 14.9 Å². The number of nitrogens with zero attached hydrogens (tertiary/aromatic N) is 1. The Morgan fingerprint density at radius 1 is 1.31 bits per heavy atom. The minimum Gasteiger partial charge on any atom is -0.490 e. The summed E-state index contributed by atoms with van der Waals surface area (Å²) < 4.78 is 11.5. The van der Waals surface area contributed by atoms with Crippen LogP contribution in [0.2, 0.25) is 0 Å². The lowest BCUT2D eigenvalue weighted by Crippen LogP contribution is -2.43. The van der Waals surface area contributed by atoms with Crippen molar-refractivity contribution < 1.29 is 13.9 Å². The second-order valence-corrected chi connectivity index (χ2v) is 7.05. The van der Waals surface area contributed by atoms with E-state index < -0.39 is 0 Å². The van der Waals surface area contributed by atoms with E-state index in [1.807, 2.05) is 36.1 Å². The normalized spacial score (nSPS) is 16.1. The number of amides is 1. The molecule has 1 atom stereocenters. The van der Waals surface area contributed by atoms with Gasteiger partial charge in [0.05, 0.1) is 25.0 Å². The topological polar surface area (TPSA) is 68.7 Å². The molecule has 1 aliphatic rings. The maximum atomic E-state index is 11.7. The fourth-order valence-electron chi connectivity index (χ4n) is 3.44. The molecule has 0 spiro atoms. The number of carbonyl (C=O) groups excluding carboxylic acids is 1. The smallest absolute Gasteiger partial charge is 0.234 e. The predicted octanol–water partition coefficient (Wildman–Crippen LogP) is 3.52. The molecule has 1 aromatic heterocycles. The molecule has 2 aromatic rings. The largest absolute Gasteiger partial charge is 0.490 e. The van der Waals surface area contributed by atoms with Crippen molar-refractivity contribution in [3.63, 3.8) is 0 Å². The summed E-state index contributed by atoms with van der Waals surface area (Å²) in [6.45, 7) is 3.12. The third kappa shape index (κ3) is 5.11. The molecule has 140 valence electrons. The molecule has 0 bridgehead atoms. The average molecular weight is 356 g/mol. The zero-order valence-corrected chi connectivity index (χ0v) is 15.4. The molecule has 1 amide bonds. The van der Waals surface area contributed by atoms with Crippen molar-refractivity contribution in [2.75, 3.05) is 6.54 Å². The van der Waals surface area contributed by atoms with Gasteiger partial charge in [-0.05, 0) is 68.9 Å². The number of hydrogen-bond donors (Lipinski definition) is 1. The summed E-state index contributed by atoms with van der Waals surface area (Å²) in [7, 11) is 0. The number of hydrogen-bond acceptors (Lipinski definition) is 4. The number of rotatable bonds is 9. The summed E-state index contributed by atoms with van der Waals surface area (Å²) in [5.41, 5.74) is 6.71. The monoisotopic (exact) mass is 356 g/mol. The van der Waals surface area contributed by atoms with Crippen LogP contribution in [0.25, 0.3) is 0 Å². The Morgan fingerprint density at radius 3 is 2.81 bits per heavy atom. The molecule has 0 radical (unpaired) electrons. The fraction of sp³-hybridized carbons (Fsp3) is 0.476. The number of furan rings is 1. The van der Waals surface area contributed by atoms with Gasteiger partial charge in [0.2, 0.25) is 5.91 Å². The van der Waals surface area contributed by atoms with E-state index >= 15 is 0 Å². The van der Waals surface area contributed by atoms with Crippen molar-refractivity contribution >= 4 is 5.91 Å². The van der Waals surface area contributed by atoms with Gasteiger partial charge in [-0.25, -0.2) is 0 Å². The summed E-state index contributed by atoms with van der Waals surface area (Å²) >= 11 is 0. The molecule has 5 heteroatoms. The van der Waals surface area contributed by atoms with Gasteiger partial charge >= 0.3 is 0 Å². The van der Waals surface area contributed by atoms with Crippen molar-refractivity contribution in [1.29, 1.82) is 0 Å². The van der Waals surface area contributed by atoms with Gasteiger partial charge in [-0.2, -0.15) is 0 Å². The number of carbonyl (C=O) groups is 1. The number of primary amides is 1. The van der Waals surface area contributed by atoms with Crippen molar-refractivity contribution in [2.45, 2.75) is 57.7 Å². The lowest BCUT2D eigenvalue weighted by atomic mass is 10.1. The molecule has 0 saturated heterocycles. The van der Waals surface area contributed by atoms with Crippen LogP contribution in [0.4, 0.5) is 0 Å². The zero-order chi connectivity index (χ0) is 18.4. The van der Waals surface area contributed by atoms with Crippen molar-refractivity contribution in [2.24, 2.45) is 5.73 Å². The number of ether oxygens (including phenoxy) is 1. The van der Waals surface area contributed by atoms with Crippen molar-refractivity contribution in [1.82, 2.24) is 4.90 Å². The van der Waals surface area contributed by atoms with Gasteiger partial charge in [0.25, 0.3) is 0 Å². The molecule has 1 aromatic carbocycles. The Hall–Kier alpha value is -2.27. The number of benzene rings is 1. The summed E-state index contributed by atoms with van der Waals surface area (Å²) in [6, 6.07) is 11.7. The fourth-order valence-corrected chi connectivity index (χ4v) is 3.44. The van der Waals surface area contributed by atoms with E-state index in [0.717, 1.165) is 37.3 Å². The van der Waals surface area contributed by atoms with E-state index in [0.29, 0.717) is 12.6 Å². The lowest BCUT2D eigenvalue weighted by molar-refractivity contribution is -0.122. The molecule has 0 aliphatic heterocycles. The highest BCUT2D eigenvalue weighted by molar-refractivity contribution is 5.79. The second kappa shape index (κ2) is 8.90.